The molecule has 6 heteroatoms. The predicted molar refractivity (Wildman–Crippen MR) is 111 cm³/mol. The zero-order valence-corrected chi connectivity index (χ0v) is 16.9. The number of nitrogens with zero attached hydrogens (tertiary/aromatic N) is 3. The molecule has 6 nitrogen and oxygen atoms in total. The molecular formula is C21H33N5O. The van der Waals surface area contributed by atoms with Crippen molar-refractivity contribution in [3.8, 4) is 0 Å². The first-order valence-electron chi connectivity index (χ1n) is 10.2. The number of piperidine rings is 1. The molecule has 1 saturated heterocycles. The molecule has 0 bridgehead atoms. The maximum atomic E-state index is 12.8. The molecule has 1 amide bonds. The van der Waals surface area contributed by atoms with Crippen LogP contribution in [0.1, 0.15) is 38.7 Å². The van der Waals surface area contributed by atoms with Gasteiger partial charge in [-0.05, 0) is 51.2 Å². The van der Waals surface area contributed by atoms with Crippen molar-refractivity contribution in [3.63, 3.8) is 0 Å². The van der Waals surface area contributed by atoms with Gasteiger partial charge in [-0.25, -0.2) is 0 Å². The number of likely N-dealkylation sites (tertiary alicyclic amines) is 1. The minimum atomic E-state index is 0.0970. The van der Waals surface area contributed by atoms with Crippen LogP contribution in [0.5, 0.6) is 0 Å². The summed E-state index contributed by atoms with van der Waals surface area (Å²) >= 11 is 0. The van der Waals surface area contributed by atoms with Gasteiger partial charge in [0.15, 0.2) is 5.96 Å². The first-order valence-corrected chi connectivity index (χ1v) is 10.2. The number of hydrogen-bond donors (Lipinski definition) is 2. The van der Waals surface area contributed by atoms with Gasteiger partial charge in [-0.1, -0.05) is 18.2 Å². The number of para-hydroxylation sites is 1. The SMILES string of the molecule is CN=C(NCC(=O)N1CCCc2ccccc21)NC1CCN(C(C)C)CC1. The van der Waals surface area contributed by atoms with Crippen molar-refractivity contribution in [2.45, 2.75) is 51.6 Å². The third kappa shape index (κ3) is 5.01. The molecule has 2 N–H and O–H groups in total. The Kier molecular flexibility index (Phi) is 6.72. The highest BCUT2D eigenvalue weighted by Gasteiger charge is 2.24. The summed E-state index contributed by atoms with van der Waals surface area (Å²) in [6, 6.07) is 9.22. The monoisotopic (exact) mass is 371 g/mol. The average molecular weight is 372 g/mol. The van der Waals surface area contributed by atoms with Crippen molar-refractivity contribution in [1.82, 2.24) is 15.5 Å². The number of amides is 1. The van der Waals surface area contributed by atoms with Crippen LogP contribution in [0.3, 0.4) is 0 Å². The summed E-state index contributed by atoms with van der Waals surface area (Å²) in [6.07, 6.45) is 4.27. The van der Waals surface area contributed by atoms with Crippen LogP contribution in [0.25, 0.3) is 0 Å². The average Bonchev–Trinajstić information content (AvgIpc) is 2.70. The van der Waals surface area contributed by atoms with Crippen molar-refractivity contribution in [3.05, 3.63) is 29.8 Å². The molecule has 2 aliphatic rings. The van der Waals surface area contributed by atoms with Gasteiger partial charge >= 0.3 is 0 Å². The van der Waals surface area contributed by atoms with Crippen LogP contribution in [0.2, 0.25) is 0 Å². The van der Waals surface area contributed by atoms with E-state index < -0.39 is 0 Å². The van der Waals surface area contributed by atoms with E-state index in [9.17, 15) is 4.79 Å². The van der Waals surface area contributed by atoms with Crippen LogP contribution >= 0.6 is 0 Å². The molecule has 2 heterocycles. The van der Waals surface area contributed by atoms with E-state index >= 15 is 0 Å². The van der Waals surface area contributed by atoms with Crippen LogP contribution in [0.15, 0.2) is 29.3 Å². The molecule has 148 valence electrons. The van der Waals surface area contributed by atoms with E-state index in [4.69, 9.17) is 0 Å². The fourth-order valence-corrected chi connectivity index (χ4v) is 4.00. The maximum Gasteiger partial charge on any atom is 0.246 e. The molecule has 0 radical (unpaired) electrons. The van der Waals surface area contributed by atoms with Crippen LogP contribution in [0, 0.1) is 0 Å². The van der Waals surface area contributed by atoms with Gasteiger partial charge in [0.1, 0.15) is 0 Å². The second-order valence-electron chi connectivity index (χ2n) is 7.75. The van der Waals surface area contributed by atoms with E-state index in [0.717, 1.165) is 57.0 Å². The topological polar surface area (TPSA) is 60.0 Å². The Bertz CT molecular complexity index is 664. The minimum Gasteiger partial charge on any atom is -0.354 e. The lowest BCUT2D eigenvalue weighted by molar-refractivity contribution is -0.117. The van der Waals surface area contributed by atoms with Gasteiger partial charge in [-0.2, -0.15) is 0 Å². The summed E-state index contributed by atoms with van der Waals surface area (Å²) in [4.78, 5) is 21.5. The molecule has 1 aromatic carbocycles. The summed E-state index contributed by atoms with van der Waals surface area (Å²) in [5.74, 6) is 0.816. The molecule has 3 rings (SSSR count). The Morgan fingerprint density at radius 1 is 1.22 bits per heavy atom. The molecular weight excluding hydrogens is 338 g/mol. The van der Waals surface area contributed by atoms with E-state index in [1.54, 1.807) is 7.05 Å². The molecule has 0 unspecified atom stereocenters. The van der Waals surface area contributed by atoms with Gasteiger partial charge in [-0.3, -0.25) is 9.79 Å². The Morgan fingerprint density at radius 2 is 1.96 bits per heavy atom. The summed E-state index contributed by atoms with van der Waals surface area (Å²) in [6.45, 7) is 7.76. The lowest BCUT2D eigenvalue weighted by atomic mass is 10.0. The Hall–Kier alpha value is -2.08. The number of guanidine groups is 1. The number of benzene rings is 1. The summed E-state index contributed by atoms with van der Waals surface area (Å²) in [5, 5.41) is 6.70. The van der Waals surface area contributed by atoms with Crippen LogP contribution < -0.4 is 15.5 Å². The fraction of sp³-hybridized carbons (Fsp3) is 0.619. The summed E-state index contributed by atoms with van der Waals surface area (Å²) in [7, 11) is 1.76. The zero-order chi connectivity index (χ0) is 19.2. The molecule has 2 aliphatic heterocycles. The van der Waals surface area contributed by atoms with E-state index in [0.29, 0.717) is 12.1 Å². The fourth-order valence-electron chi connectivity index (χ4n) is 4.00. The van der Waals surface area contributed by atoms with Gasteiger partial charge in [0.05, 0.1) is 6.54 Å². The largest absolute Gasteiger partial charge is 0.354 e. The normalized spacial score (nSPS) is 19.1. The lowest BCUT2D eigenvalue weighted by Gasteiger charge is -2.35. The number of nitrogens with one attached hydrogen (secondary N) is 2. The van der Waals surface area contributed by atoms with Gasteiger partial charge in [0, 0.05) is 44.5 Å². The van der Waals surface area contributed by atoms with E-state index in [2.05, 4.69) is 40.4 Å². The summed E-state index contributed by atoms with van der Waals surface area (Å²) < 4.78 is 0. The van der Waals surface area contributed by atoms with Crippen molar-refractivity contribution < 1.29 is 4.79 Å². The molecule has 27 heavy (non-hydrogen) atoms. The number of rotatable bonds is 4. The lowest BCUT2D eigenvalue weighted by Crippen LogP contribution is -2.51. The maximum absolute atomic E-state index is 12.8. The molecule has 0 saturated carbocycles. The second kappa shape index (κ2) is 9.22. The van der Waals surface area contributed by atoms with E-state index in [1.807, 2.05) is 23.1 Å². The number of fused-ring (bicyclic) bond motifs is 1. The Morgan fingerprint density at radius 3 is 2.67 bits per heavy atom. The second-order valence-corrected chi connectivity index (χ2v) is 7.75. The Balaban J connectivity index is 1.50. The van der Waals surface area contributed by atoms with Crippen molar-refractivity contribution >= 4 is 17.6 Å². The van der Waals surface area contributed by atoms with Crippen molar-refractivity contribution in [1.29, 1.82) is 0 Å². The minimum absolute atomic E-state index is 0.0970. The number of aliphatic imine (C=N–C) groups is 1. The number of carbonyl (C=O) groups excluding carboxylic acids is 1. The van der Waals surface area contributed by atoms with Crippen molar-refractivity contribution in [2.24, 2.45) is 4.99 Å². The number of anilines is 1. The molecule has 1 fully saturated rings. The zero-order valence-electron chi connectivity index (χ0n) is 16.9. The van der Waals surface area contributed by atoms with E-state index in [1.165, 1.54) is 5.56 Å². The molecule has 0 aliphatic carbocycles. The highest BCUT2D eigenvalue weighted by Crippen LogP contribution is 2.26. The smallest absolute Gasteiger partial charge is 0.246 e. The predicted octanol–water partition coefficient (Wildman–Crippen LogP) is 2.00. The van der Waals surface area contributed by atoms with Crippen LogP contribution in [-0.4, -0.2) is 62.1 Å². The van der Waals surface area contributed by atoms with Gasteiger partial charge < -0.3 is 20.4 Å². The number of aryl methyl sites for hydroxylation is 1. The molecule has 1 aromatic rings. The summed E-state index contributed by atoms with van der Waals surface area (Å²) in [5.41, 5.74) is 2.32. The van der Waals surface area contributed by atoms with Crippen molar-refractivity contribution in [2.75, 3.05) is 38.1 Å². The standard InChI is InChI=1S/C21H33N5O/c1-16(2)25-13-10-18(11-14-25)24-21(22-3)23-15-20(27)26-12-6-8-17-7-4-5-9-19(17)26/h4-5,7,9,16,18H,6,8,10-15H2,1-3H3,(H2,22,23,24). The molecule has 0 aromatic heterocycles. The van der Waals surface area contributed by atoms with Gasteiger partial charge in [-0.15, -0.1) is 0 Å². The van der Waals surface area contributed by atoms with Gasteiger partial charge in [0.2, 0.25) is 5.91 Å². The first kappa shape index (κ1) is 19.7. The Labute approximate surface area is 163 Å². The quantitative estimate of drug-likeness (QED) is 0.628. The molecule has 0 spiro atoms. The molecule has 0 atom stereocenters. The third-order valence-electron chi connectivity index (χ3n) is 5.64. The highest BCUT2D eigenvalue weighted by atomic mass is 16.2. The first-order chi connectivity index (χ1) is 13.1. The number of hydrogen-bond acceptors (Lipinski definition) is 3. The van der Waals surface area contributed by atoms with Crippen LogP contribution in [0.4, 0.5) is 5.69 Å². The highest BCUT2D eigenvalue weighted by molar-refractivity contribution is 5.98. The van der Waals surface area contributed by atoms with E-state index in [-0.39, 0.29) is 12.5 Å². The third-order valence-corrected chi connectivity index (χ3v) is 5.64. The number of carbonyl (C=O) groups is 1. The van der Waals surface area contributed by atoms with Gasteiger partial charge in [0.25, 0.3) is 0 Å². The van der Waals surface area contributed by atoms with Crippen LogP contribution in [-0.2, 0) is 11.2 Å².